The van der Waals surface area contributed by atoms with Crippen LogP contribution in [0.15, 0.2) is 72.0 Å². The molecule has 0 spiro atoms. The predicted octanol–water partition coefficient (Wildman–Crippen LogP) is 6.16. The predicted molar refractivity (Wildman–Crippen MR) is 133 cm³/mol. The summed E-state index contributed by atoms with van der Waals surface area (Å²) in [4.78, 5) is 26.6. The number of carbonyl (C=O) groups excluding carboxylic acids is 2. The minimum Gasteiger partial charge on any atom is -0.454 e. The molecule has 2 heterocycles. The van der Waals surface area contributed by atoms with Crippen LogP contribution in [0.25, 0.3) is 0 Å². The SMILES string of the molecule is C=C1C=NN(c2cc(Cl)c(Oc3ccc4c(c3)CCN(c3ccccc3F)C4=O)c(Cl)c2)C(=O)N1. The molecule has 0 radical (unpaired) electrons. The summed E-state index contributed by atoms with van der Waals surface area (Å²) in [6.07, 6.45) is 1.91. The Hall–Kier alpha value is -3.88. The molecule has 3 aromatic carbocycles. The third-order valence-electron chi connectivity index (χ3n) is 5.54. The van der Waals surface area contributed by atoms with Crippen molar-refractivity contribution >= 4 is 52.7 Å². The smallest absolute Gasteiger partial charge is 0.347 e. The van der Waals surface area contributed by atoms with E-state index in [-0.39, 0.29) is 27.4 Å². The highest BCUT2D eigenvalue weighted by atomic mass is 35.5. The van der Waals surface area contributed by atoms with E-state index >= 15 is 0 Å². The van der Waals surface area contributed by atoms with E-state index in [1.807, 2.05) is 0 Å². The van der Waals surface area contributed by atoms with Crippen molar-refractivity contribution in [2.75, 3.05) is 16.5 Å². The van der Waals surface area contributed by atoms with Gasteiger partial charge in [-0.2, -0.15) is 10.1 Å². The quantitative estimate of drug-likeness (QED) is 0.456. The molecule has 35 heavy (non-hydrogen) atoms. The number of benzene rings is 3. The van der Waals surface area contributed by atoms with Crippen molar-refractivity contribution in [3.63, 3.8) is 0 Å². The van der Waals surface area contributed by atoms with E-state index in [0.717, 1.165) is 10.6 Å². The number of anilines is 2. The summed E-state index contributed by atoms with van der Waals surface area (Å²) >= 11 is 12.8. The highest BCUT2D eigenvalue weighted by Crippen LogP contribution is 2.41. The molecular weight excluding hydrogens is 494 g/mol. The summed E-state index contributed by atoms with van der Waals surface area (Å²) in [6.45, 7) is 3.96. The summed E-state index contributed by atoms with van der Waals surface area (Å²) in [5.74, 6) is -0.114. The highest BCUT2D eigenvalue weighted by Gasteiger charge is 2.28. The van der Waals surface area contributed by atoms with Crippen molar-refractivity contribution in [3.8, 4) is 11.5 Å². The minimum absolute atomic E-state index is 0.166. The second kappa shape index (κ2) is 9.05. The summed E-state index contributed by atoms with van der Waals surface area (Å²) in [5, 5.41) is 8.00. The Morgan fingerprint density at radius 2 is 1.80 bits per heavy atom. The van der Waals surface area contributed by atoms with Crippen LogP contribution in [0.5, 0.6) is 11.5 Å². The Morgan fingerprint density at radius 3 is 2.51 bits per heavy atom. The molecule has 0 unspecified atom stereocenters. The maximum atomic E-state index is 14.2. The first-order valence-electron chi connectivity index (χ1n) is 10.5. The Labute approximate surface area is 210 Å². The van der Waals surface area contributed by atoms with E-state index in [2.05, 4.69) is 17.0 Å². The number of carbonyl (C=O) groups is 2. The zero-order valence-corrected chi connectivity index (χ0v) is 19.6. The fourth-order valence-electron chi connectivity index (χ4n) is 3.90. The molecule has 3 aromatic rings. The van der Waals surface area contributed by atoms with Gasteiger partial charge < -0.3 is 15.0 Å². The van der Waals surface area contributed by atoms with Gasteiger partial charge in [0, 0.05) is 12.1 Å². The van der Waals surface area contributed by atoms with E-state index in [1.165, 1.54) is 29.3 Å². The zero-order chi connectivity index (χ0) is 24.7. The first-order chi connectivity index (χ1) is 16.8. The Kier molecular flexibility index (Phi) is 5.92. The summed E-state index contributed by atoms with van der Waals surface area (Å²) < 4.78 is 20.2. The molecule has 0 aromatic heterocycles. The fraction of sp³-hybridized carbons (Fsp3) is 0.0800. The number of nitrogens with zero attached hydrogens (tertiary/aromatic N) is 3. The number of fused-ring (bicyclic) bond motifs is 1. The lowest BCUT2D eigenvalue weighted by molar-refractivity contribution is 0.0979. The van der Waals surface area contributed by atoms with Crippen molar-refractivity contribution in [2.24, 2.45) is 5.10 Å². The van der Waals surface area contributed by atoms with Gasteiger partial charge in [-0.15, -0.1) is 0 Å². The van der Waals surface area contributed by atoms with E-state index < -0.39 is 11.8 Å². The number of ether oxygens (including phenoxy) is 1. The van der Waals surface area contributed by atoms with Crippen molar-refractivity contribution < 1.29 is 18.7 Å². The maximum Gasteiger partial charge on any atom is 0.347 e. The molecule has 10 heteroatoms. The van der Waals surface area contributed by atoms with Crippen LogP contribution in [0, 0.1) is 5.82 Å². The van der Waals surface area contributed by atoms with Gasteiger partial charge in [-0.05, 0) is 54.4 Å². The van der Waals surface area contributed by atoms with Crippen molar-refractivity contribution in [1.82, 2.24) is 5.32 Å². The van der Waals surface area contributed by atoms with Crippen LogP contribution >= 0.6 is 23.2 Å². The number of para-hydroxylation sites is 1. The van der Waals surface area contributed by atoms with Gasteiger partial charge in [0.05, 0.1) is 33.3 Å². The molecule has 0 saturated carbocycles. The van der Waals surface area contributed by atoms with E-state index in [4.69, 9.17) is 27.9 Å². The van der Waals surface area contributed by atoms with E-state index in [0.29, 0.717) is 35.7 Å². The van der Waals surface area contributed by atoms with Gasteiger partial charge in [-0.25, -0.2) is 9.18 Å². The lowest BCUT2D eigenvalue weighted by Crippen LogP contribution is -2.40. The highest BCUT2D eigenvalue weighted by molar-refractivity contribution is 6.37. The van der Waals surface area contributed by atoms with Gasteiger partial charge in [0.2, 0.25) is 0 Å². The first-order valence-corrected chi connectivity index (χ1v) is 11.3. The number of halogens is 3. The average Bonchev–Trinajstić information content (AvgIpc) is 2.82. The van der Waals surface area contributed by atoms with Gasteiger partial charge >= 0.3 is 6.03 Å². The number of hydrogen-bond acceptors (Lipinski definition) is 4. The number of nitrogens with one attached hydrogen (secondary N) is 1. The molecule has 0 atom stereocenters. The number of hydrogen-bond donors (Lipinski definition) is 1. The Bertz CT molecular complexity index is 1400. The van der Waals surface area contributed by atoms with Gasteiger partial charge in [-0.3, -0.25) is 4.79 Å². The van der Waals surface area contributed by atoms with Crippen LogP contribution in [0.4, 0.5) is 20.6 Å². The number of allylic oxidation sites excluding steroid dienone is 1. The van der Waals surface area contributed by atoms with Crippen LogP contribution in [0.3, 0.4) is 0 Å². The Morgan fingerprint density at radius 1 is 1.06 bits per heavy atom. The van der Waals surface area contributed by atoms with Gasteiger partial charge in [-0.1, -0.05) is 41.9 Å². The second-order valence-electron chi connectivity index (χ2n) is 7.83. The molecule has 2 aliphatic rings. The molecule has 3 amide bonds. The lowest BCUT2D eigenvalue weighted by atomic mass is 9.98. The monoisotopic (exact) mass is 510 g/mol. The molecule has 0 aliphatic carbocycles. The third-order valence-corrected chi connectivity index (χ3v) is 6.10. The van der Waals surface area contributed by atoms with Crippen LogP contribution < -0.4 is 20.0 Å². The maximum absolute atomic E-state index is 14.2. The van der Waals surface area contributed by atoms with Crippen molar-refractivity contribution in [1.29, 1.82) is 0 Å². The van der Waals surface area contributed by atoms with Gasteiger partial charge in [0.15, 0.2) is 5.75 Å². The molecule has 176 valence electrons. The molecule has 0 fully saturated rings. The number of hydrazone groups is 1. The summed E-state index contributed by atoms with van der Waals surface area (Å²) in [6, 6.07) is 13.7. The summed E-state index contributed by atoms with van der Waals surface area (Å²) in [7, 11) is 0. The van der Waals surface area contributed by atoms with Crippen LogP contribution in [0.2, 0.25) is 10.0 Å². The zero-order valence-electron chi connectivity index (χ0n) is 18.1. The first kappa shape index (κ1) is 22.9. The second-order valence-corrected chi connectivity index (χ2v) is 8.64. The van der Waals surface area contributed by atoms with Crippen molar-refractivity contribution in [3.05, 3.63) is 93.9 Å². The van der Waals surface area contributed by atoms with Crippen LogP contribution in [-0.4, -0.2) is 24.7 Å². The number of urea groups is 1. The van der Waals surface area contributed by atoms with E-state index in [9.17, 15) is 14.0 Å². The number of rotatable bonds is 4. The Balaban J connectivity index is 1.39. The molecule has 0 bridgehead atoms. The molecule has 1 N–H and O–H groups in total. The molecule has 7 nitrogen and oxygen atoms in total. The molecule has 0 saturated heterocycles. The largest absolute Gasteiger partial charge is 0.454 e. The fourth-order valence-corrected chi connectivity index (χ4v) is 4.45. The van der Waals surface area contributed by atoms with E-state index in [1.54, 1.807) is 36.4 Å². The molecule has 5 rings (SSSR count). The van der Waals surface area contributed by atoms with Gasteiger partial charge in [0.1, 0.15) is 11.6 Å². The standard InChI is InChI=1S/C25H17Cl2FN4O3/c1-14-13-29-32(25(34)30-14)16-11-19(26)23(20(27)12-16)35-17-6-7-18-15(10-17)8-9-31(24(18)33)22-5-3-2-4-21(22)28/h2-7,10-13H,1,8-9H2,(H,30,34). The average molecular weight is 511 g/mol. The van der Waals surface area contributed by atoms with Gasteiger partial charge in [0.25, 0.3) is 5.91 Å². The lowest BCUT2D eigenvalue weighted by Gasteiger charge is -2.29. The minimum atomic E-state index is -0.498. The topological polar surface area (TPSA) is 74.2 Å². The molecular formula is C25H17Cl2FN4O3. The van der Waals surface area contributed by atoms with Crippen LogP contribution in [0.1, 0.15) is 15.9 Å². The number of amides is 3. The van der Waals surface area contributed by atoms with Crippen LogP contribution in [-0.2, 0) is 6.42 Å². The molecule has 2 aliphatic heterocycles. The van der Waals surface area contributed by atoms with Crippen molar-refractivity contribution in [2.45, 2.75) is 6.42 Å². The summed E-state index contributed by atoms with van der Waals surface area (Å²) in [5.41, 5.74) is 2.20. The normalized spacial score (nSPS) is 15.2. The third kappa shape index (κ3) is 4.34.